The van der Waals surface area contributed by atoms with E-state index in [0.717, 1.165) is 69.0 Å². The molecule has 0 spiro atoms. The number of hydrogen-bond donors (Lipinski definition) is 1. The molecule has 0 bridgehead atoms. The van der Waals surface area contributed by atoms with Gasteiger partial charge in [-0.2, -0.15) is 0 Å². The number of nitrogens with zero attached hydrogens (tertiary/aromatic N) is 5. The molecule has 4 rings (SSSR count). The number of hydrogen-bond acceptors (Lipinski definition) is 6. The van der Waals surface area contributed by atoms with Crippen molar-refractivity contribution in [2.45, 2.75) is 32.9 Å². The quantitative estimate of drug-likeness (QED) is 0.322. The third-order valence-corrected chi connectivity index (χ3v) is 5.26. The van der Waals surface area contributed by atoms with Crippen LogP contribution in [-0.2, 0) is 13.1 Å². The molecule has 0 aromatic carbocycles. The minimum absolute atomic E-state index is 0. The second kappa shape index (κ2) is 11.5. The van der Waals surface area contributed by atoms with Crippen molar-refractivity contribution in [2.24, 2.45) is 10.9 Å². The number of halogens is 1. The standard InChI is InChI=1S/C21H30N6O2.HI/c1-2-22-21(27-10-8-26(9-11-27)15-19-6-12-29-25-19)24-14-18-5-7-23-20(13-18)28-16-17-3-4-17;/h5-7,12-13,17H,2-4,8-11,14-16H2,1H3,(H,22,24);1H. The molecule has 2 fully saturated rings. The van der Waals surface area contributed by atoms with E-state index in [2.05, 4.69) is 32.2 Å². The molecule has 2 aliphatic rings. The van der Waals surface area contributed by atoms with Crippen molar-refractivity contribution in [3.05, 3.63) is 41.9 Å². The minimum Gasteiger partial charge on any atom is -0.477 e. The number of piperazine rings is 1. The Morgan fingerprint density at radius 3 is 2.80 bits per heavy atom. The highest BCUT2D eigenvalue weighted by Gasteiger charge is 2.22. The summed E-state index contributed by atoms with van der Waals surface area (Å²) in [6, 6.07) is 5.94. The van der Waals surface area contributed by atoms with E-state index in [9.17, 15) is 0 Å². The van der Waals surface area contributed by atoms with Crippen LogP contribution in [0.15, 0.2) is 40.2 Å². The first kappa shape index (κ1) is 22.8. The zero-order valence-electron chi connectivity index (χ0n) is 17.5. The second-order valence-corrected chi connectivity index (χ2v) is 7.68. The highest BCUT2D eigenvalue weighted by Crippen LogP contribution is 2.29. The van der Waals surface area contributed by atoms with Gasteiger partial charge in [-0.1, -0.05) is 5.16 Å². The summed E-state index contributed by atoms with van der Waals surface area (Å²) in [6.45, 7) is 9.02. The highest BCUT2D eigenvalue weighted by atomic mass is 127. The lowest BCUT2D eigenvalue weighted by atomic mass is 10.2. The van der Waals surface area contributed by atoms with Crippen molar-refractivity contribution in [3.63, 3.8) is 0 Å². The van der Waals surface area contributed by atoms with Gasteiger partial charge in [0.05, 0.1) is 18.8 Å². The highest BCUT2D eigenvalue weighted by molar-refractivity contribution is 14.0. The van der Waals surface area contributed by atoms with E-state index in [1.54, 1.807) is 6.26 Å². The topological polar surface area (TPSA) is 79.0 Å². The van der Waals surface area contributed by atoms with Gasteiger partial charge in [-0.15, -0.1) is 24.0 Å². The van der Waals surface area contributed by atoms with Crippen molar-refractivity contribution in [2.75, 3.05) is 39.3 Å². The molecule has 0 radical (unpaired) electrons. The Morgan fingerprint density at radius 1 is 1.27 bits per heavy atom. The van der Waals surface area contributed by atoms with Gasteiger partial charge in [0.2, 0.25) is 5.88 Å². The van der Waals surface area contributed by atoms with Crippen molar-refractivity contribution in [1.29, 1.82) is 0 Å². The van der Waals surface area contributed by atoms with Crippen LogP contribution in [0.3, 0.4) is 0 Å². The number of rotatable bonds is 8. The summed E-state index contributed by atoms with van der Waals surface area (Å²) < 4.78 is 10.7. The van der Waals surface area contributed by atoms with Gasteiger partial charge in [-0.3, -0.25) is 4.90 Å². The maximum absolute atomic E-state index is 5.79. The molecule has 1 saturated heterocycles. The van der Waals surface area contributed by atoms with Gasteiger partial charge in [-0.05, 0) is 37.3 Å². The minimum atomic E-state index is 0. The normalized spacial score (nSPS) is 17.5. The molecule has 2 aromatic rings. The summed E-state index contributed by atoms with van der Waals surface area (Å²) in [4.78, 5) is 13.9. The summed E-state index contributed by atoms with van der Waals surface area (Å²) in [5.74, 6) is 2.39. The van der Waals surface area contributed by atoms with Gasteiger partial charge >= 0.3 is 0 Å². The fourth-order valence-corrected chi connectivity index (χ4v) is 3.37. The zero-order chi connectivity index (χ0) is 19.9. The van der Waals surface area contributed by atoms with Crippen LogP contribution in [0.5, 0.6) is 5.88 Å². The molecule has 2 aromatic heterocycles. The molecule has 0 amide bonds. The van der Waals surface area contributed by atoms with Crippen LogP contribution >= 0.6 is 24.0 Å². The Morgan fingerprint density at radius 2 is 2.10 bits per heavy atom. The number of aliphatic imine (C=N–C) groups is 1. The molecule has 3 heterocycles. The maximum Gasteiger partial charge on any atom is 0.213 e. The van der Waals surface area contributed by atoms with Gasteiger partial charge in [0.15, 0.2) is 5.96 Å². The fourth-order valence-electron chi connectivity index (χ4n) is 3.37. The molecule has 30 heavy (non-hydrogen) atoms. The van der Waals surface area contributed by atoms with E-state index >= 15 is 0 Å². The van der Waals surface area contributed by atoms with E-state index in [-0.39, 0.29) is 24.0 Å². The molecule has 1 aliphatic carbocycles. The van der Waals surface area contributed by atoms with E-state index in [4.69, 9.17) is 14.3 Å². The first-order valence-corrected chi connectivity index (χ1v) is 10.5. The van der Waals surface area contributed by atoms with E-state index in [1.165, 1.54) is 12.8 Å². The summed E-state index contributed by atoms with van der Waals surface area (Å²) in [7, 11) is 0. The summed E-state index contributed by atoms with van der Waals surface area (Å²) in [5, 5.41) is 7.44. The Bertz CT molecular complexity index is 789. The summed E-state index contributed by atoms with van der Waals surface area (Å²) >= 11 is 0. The summed E-state index contributed by atoms with van der Waals surface area (Å²) in [6.07, 6.45) is 6.00. The third kappa shape index (κ3) is 6.83. The zero-order valence-corrected chi connectivity index (χ0v) is 19.8. The number of guanidine groups is 1. The molecule has 164 valence electrons. The number of ether oxygens (including phenoxy) is 1. The predicted octanol–water partition coefficient (Wildman–Crippen LogP) is 2.76. The molecule has 1 aliphatic heterocycles. The smallest absolute Gasteiger partial charge is 0.213 e. The van der Waals surface area contributed by atoms with Crippen LogP contribution < -0.4 is 10.1 Å². The Balaban J connectivity index is 0.00000256. The molecule has 8 nitrogen and oxygen atoms in total. The van der Waals surface area contributed by atoms with Gasteiger partial charge in [-0.25, -0.2) is 9.98 Å². The maximum atomic E-state index is 5.79. The van der Waals surface area contributed by atoms with Crippen LogP contribution in [0.2, 0.25) is 0 Å². The van der Waals surface area contributed by atoms with Gasteiger partial charge in [0.1, 0.15) is 6.26 Å². The summed E-state index contributed by atoms with van der Waals surface area (Å²) in [5.41, 5.74) is 2.10. The van der Waals surface area contributed by atoms with E-state index in [0.29, 0.717) is 12.4 Å². The van der Waals surface area contributed by atoms with Crippen molar-refractivity contribution in [3.8, 4) is 5.88 Å². The van der Waals surface area contributed by atoms with E-state index in [1.807, 2.05) is 24.4 Å². The van der Waals surface area contributed by atoms with Crippen LogP contribution in [-0.4, -0.2) is 65.2 Å². The molecular weight excluding hydrogens is 495 g/mol. The Kier molecular flexibility index (Phi) is 8.74. The van der Waals surface area contributed by atoms with Crippen LogP contribution in [0.4, 0.5) is 0 Å². The number of nitrogens with one attached hydrogen (secondary N) is 1. The lowest BCUT2D eigenvalue weighted by Gasteiger charge is -2.36. The van der Waals surface area contributed by atoms with Crippen LogP contribution in [0.25, 0.3) is 0 Å². The first-order chi connectivity index (χ1) is 14.3. The molecule has 0 unspecified atom stereocenters. The van der Waals surface area contributed by atoms with Gasteiger partial charge in [0.25, 0.3) is 0 Å². The van der Waals surface area contributed by atoms with Gasteiger partial charge in [0, 0.05) is 57.6 Å². The SMILES string of the molecule is CCNC(=NCc1ccnc(OCC2CC2)c1)N1CCN(Cc2ccon2)CC1.I. The molecule has 1 saturated carbocycles. The molecule has 9 heteroatoms. The Labute approximate surface area is 195 Å². The number of aromatic nitrogens is 2. The first-order valence-electron chi connectivity index (χ1n) is 10.5. The Hall–Kier alpha value is -1.88. The second-order valence-electron chi connectivity index (χ2n) is 7.68. The predicted molar refractivity (Wildman–Crippen MR) is 126 cm³/mol. The van der Waals surface area contributed by atoms with Gasteiger partial charge < -0.3 is 19.5 Å². The monoisotopic (exact) mass is 526 g/mol. The molecular formula is C21H31IN6O2. The lowest BCUT2D eigenvalue weighted by molar-refractivity contribution is 0.169. The molecule has 0 atom stereocenters. The fraction of sp³-hybridized carbons (Fsp3) is 0.571. The third-order valence-electron chi connectivity index (χ3n) is 5.26. The largest absolute Gasteiger partial charge is 0.477 e. The molecule has 1 N–H and O–H groups in total. The van der Waals surface area contributed by atoms with E-state index < -0.39 is 0 Å². The number of pyridine rings is 1. The van der Waals surface area contributed by atoms with Crippen LogP contribution in [0, 0.1) is 5.92 Å². The average molecular weight is 526 g/mol. The average Bonchev–Trinajstić information content (AvgIpc) is 3.45. The van der Waals surface area contributed by atoms with Crippen LogP contribution in [0.1, 0.15) is 31.0 Å². The van der Waals surface area contributed by atoms with Crippen molar-refractivity contribution < 1.29 is 9.26 Å². The lowest BCUT2D eigenvalue weighted by Crippen LogP contribution is -2.52. The van der Waals surface area contributed by atoms with Crippen molar-refractivity contribution in [1.82, 2.24) is 25.3 Å². The van der Waals surface area contributed by atoms with Crippen molar-refractivity contribution >= 4 is 29.9 Å².